The molecule has 7 heteroatoms. The predicted octanol–water partition coefficient (Wildman–Crippen LogP) is 2.52. The summed E-state index contributed by atoms with van der Waals surface area (Å²) < 4.78 is 53.5. The minimum atomic E-state index is -3.32. The molecule has 1 rings (SSSR count). The quantitative estimate of drug-likeness (QED) is 0.820. The number of anilines is 1. The topological polar surface area (TPSA) is 38.3 Å². The van der Waals surface area contributed by atoms with Crippen LogP contribution in [0, 0.1) is 11.6 Å². The molecule has 1 amide bonds. The second kappa shape index (κ2) is 4.82. The van der Waals surface area contributed by atoms with E-state index < -0.39 is 29.9 Å². The van der Waals surface area contributed by atoms with Crippen LogP contribution in [0.25, 0.3) is 0 Å². The van der Waals surface area contributed by atoms with Gasteiger partial charge in [0, 0.05) is 6.92 Å². The molecule has 0 fully saturated rings. The number of halogens is 4. The second-order valence-corrected chi connectivity index (χ2v) is 2.80. The van der Waals surface area contributed by atoms with E-state index in [2.05, 4.69) is 4.74 Å². The molecular formula is C9H7F4NO2. The maximum Gasteiger partial charge on any atom is 0.387 e. The van der Waals surface area contributed by atoms with Gasteiger partial charge in [-0.3, -0.25) is 4.79 Å². The van der Waals surface area contributed by atoms with Crippen molar-refractivity contribution in [2.45, 2.75) is 13.5 Å². The predicted molar refractivity (Wildman–Crippen MR) is 47.3 cm³/mol. The first-order valence-electron chi connectivity index (χ1n) is 4.12. The first-order chi connectivity index (χ1) is 7.41. The molecule has 0 atom stereocenters. The van der Waals surface area contributed by atoms with Gasteiger partial charge in [0.1, 0.15) is 0 Å². The Balaban J connectivity index is 3.15. The Hall–Kier alpha value is -1.79. The number of benzene rings is 1. The minimum absolute atomic E-state index is 0.355. The van der Waals surface area contributed by atoms with Crippen LogP contribution in [0.15, 0.2) is 12.1 Å². The number of hydrogen-bond acceptors (Lipinski definition) is 2. The van der Waals surface area contributed by atoms with Crippen LogP contribution < -0.4 is 10.1 Å². The van der Waals surface area contributed by atoms with Crippen LogP contribution in [0.3, 0.4) is 0 Å². The Bertz CT molecular complexity index is 409. The number of carbonyl (C=O) groups is 1. The van der Waals surface area contributed by atoms with Gasteiger partial charge in [-0.2, -0.15) is 13.2 Å². The monoisotopic (exact) mass is 237 g/mol. The molecule has 0 aliphatic carbocycles. The first-order valence-corrected chi connectivity index (χ1v) is 4.12. The van der Waals surface area contributed by atoms with E-state index >= 15 is 0 Å². The fourth-order valence-corrected chi connectivity index (χ4v) is 1.02. The summed E-state index contributed by atoms with van der Waals surface area (Å²) in [5, 5.41) is 2.04. The molecule has 0 aromatic heterocycles. The average Bonchev–Trinajstić information content (AvgIpc) is 2.16. The zero-order chi connectivity index (χ0) is 12.3. The van der Waals surface area contributed by atoms with Crippen molar-refractivity contribution in [2.24, 2.45) is 0 Å². The number of rotatable bonds is 3. The summed E-state index contributed by atoms with van der Waals surface area (Å²) >= 11 is 0. The molecule has 0 aliphatic heterocycles. The number of alkyl halides is 2. The van der Waals surface area contributed by atoms with Gasteiger partial charge in [0.05, 0.1) is 5.69 Å². The molecule has 1 aromatic carbocycles. The van der Waals surface area contributed by atoms with Crippen molar-refractivity contribution in [1.82, 2.24) is 0 Å². The molecule has 0 heterocycles. The molecule has 0 saturated carbocycles. The molecule has 1 N–H and O–H groups in total. The second-order valence-electron chi connectivity index (χ2n) is 2.80. The van der Waals surface area contributed by atoms with Crippen molar-refractivity contribution in [3.63, 3.8) is 0 Å². The Morgan fingerprint density at radius 3 is 2.50 bits per heavy atom. The van der Waals surface area contributed by atoms with Crippen molar-refractivity contribution >= 4 is 11.6 Å². The molecular weight excluding hydrogens is 230 g/mol. The zero-order valence-corrected chi connectivity index (χ0v) is 8.06. The maximum atomic E-state index is 13.1. The molecule has 0 saturated heterocycles. The summed E-state index contributed by atoms with van der Waals surface area (Å²) in [5.41, 5.74) is -0.355. The standard InChI is InChI=1S/C9H7F4NO2/c1-4(15)14-6-3-2-5(10)7(11)8(6)16-9(12)13/h2-3,9H,1H3,(H,14,15). The van der Waals surface area contributed by atoms with E-state index in [0.717, 1.165) is 13.0 Å². The van der Waals surface area contributed by atoms with Crippen LogP contribution in [0.5, 0.6) is 5.75 Å². The highest BCUT2D eigenvalue weighted by atomic mass is 19.3. The third-order valence-electron chi connectivity index (χ3n) is 1.57. The molecule has 1 aromatic rings. The normalized spacial score (nSPS) is 10.4. The molecule has 0 bridgehead atoms. The Kier molecular flexibility index (Phi) is 3.70. The summed E-state index contributed by atoms with van der Waals surface area (Å²) in [5.74, 6) is -4.56. The van der Waals surface area contributed by atoms with Gasteiger partial charge < -0.3 is 10.1 Å². The number of nitrogens with one attached hydrogen (secondary N) is 1. The molecule has 3 nitrogen and oxygen atoms in total. The third kappa shape index (κ3) is 2.85. The van der Waals surface area contributed by atoms with Gasteiger partial charge in [-0.05, 0) is 12.1 Å². The van der Waals surface area contributed by atoms with Crippen LogP contribution in [0.4, 0.5) is 23.2 Å². The molecule has 0 unspecified atom stereocenters. The average molecular weight is 237 g/mol. The van der Waals surface area contributed by atoms with E-state index in [1.165, 1.54) is 0 Å². The van der Waals surface area contributed by atoms with Gasteiger partial charge in [0.2, 0.25) is 11.7 Å². The summed E-state index contributed by atoms with van der Waals surface area (Å²) in [6, 6.07) is 1.62. The van der Waals surface area contributed by atoms with E-state index in [-0.39, 0.29) is 5.69 Å². The summed E-state index contributed by atoms with van der Waals surface area (Å²) in [6.07, 6.45) is 0. The van der Waals surface area contributed by atoms with Crippen LogP contribution in [0.1, 0.15) is 6.92 Å². The van der Waals surface area contributed by atoms with E-state index in [1.54, 1.807) is 0 Å². The van der Waals surface area contributed by atoms with Gasteiger partial charge in [0.25, 0.3) is 0 Å². The highest BCUT2D eigenvalue weighted by molar-refractivity contribution is 5.90. The first kappa shape index (κ1) is 12.3. The lowest BCUT2D eigenvalue weighted by Crippen LogP contribution is -2.12. The lowest BCUT2D eigenvalue weighted by Gasteiger charge is -2.11. The number of hydrogen-bond donors (Lipinski definition) is 1. The Morgan fingerprint density at radius 1 is 1.38 bits per heavy atom. The number of carbonyl (C=O) groups excluding carboxylic acids is 1. The van der Waals surface area contributed by atoms with Crippen LogP contribution in [-0.2, 0) is 4.79 Å². The Labute approximate surface area is 88.0 Å². The van der Waals surface area contributed by atoms with E-state index in [9.17, 15) is 22.4 Å². The van der Waals surface area contributed by atoms with Gasteiger partial charge in [-0.15, -0.1) is 0 Å². The lowest BCUT2D eigenvalue weighted by atomic mass is 10.2. The number of amides is 1. The van der Waals surface area contributed by atoms with Crippen molar-refractivity contribution in [2.75, 3.05) is 5.32 Å². The van der Waals surface area contributed by atoms with Gasteiger partial charge in [-0.25, -0.2) is 4.39 Å². The van der Waals surface area contributed by atoms with Crippen LogP contribution in [-0.4, -0.2) is 12.5 Å². The molecule has 0 spiro atoms. The molecule has 0 aliphatic rings. The highest BCUT2D eigenvalue weighted by Crippen LogP contribution is 2.31. The Morgan fingerprint density at radius 2 is 2.00 bits per heavy atom. The highest BCUT2D eigenvalue weighted by Gasteiger charge is 2.19. The lowest BCUT2D eigenvalue weighted by molar-refractivity contribution is -0.114. The van der Waals surface area contributed by atoms with E-state index in [1.807, 2.05) is 5.32 Å². The maximum absolute atomic E-state index is 13.1. The third-order valence-corrected chi connectivity index (χ3v) is 1.57. The SMILES string of the molecule is CC(=O)Nc1ccc(F)c(F)c1OC(F)F. The summed E-state index contributed by atoms with van der Waals surface area (Å²) in [7, 11) is 0. The fourth-order valence-electron chi connectivity index (χ4n) is 1.02. The van der Waals surface area contributed by atoms with Crippen molar-refractivity contribution < 1.29 is 27.1 Å². The molecule has 16 heavy (non-hydrogen) atoms. The van der Waals surface area contributed by atoms with Crippen LogP contribution >= 0.6 is 0 Å². The number of ether oxygens (including phenoxy) is 1. The van der Waals surface area contributed by atoms with Crippen molar-refractivity contribution in [3.8, 4) is 5.75 Å². The van der Waals surface area contributed by atoms with E-state index in [0.29, 0.717) is 6.07 Å². The molecule has 0 radical (unpaired) electrons. The minimum Gasteiger partial charge on any atom is -0.429 e. The van der Waals surface area contributed by atoms with Crippen LogP contribution in [0.2, 0.25) is 0 Å². The largest absolute Gasteiger partial charge is 0.429 e. The van der Waals surface area contributed by atoms with Crippen molar-refractivity contribution in [1.29, 1.82) is 0 Å². The van der Waals surface area contributed by atoms with Gasteiger partial charge >= 0.3 is 6.61 Å². The smallest absolute Gasteiger partial charge is 0.387 e. The van der Waals surface area contributed by atoms with E-state index in [4.69, 9.17) is 0 Å². The summed E-state index contributed by atoms with van der Waals surface area (Å²) in [6.45, 7) is -2.23. The van der Waals surface area contributed by atoms with Gasteiger partial charge in [-0.1, -0.05) is 0 Å². The van der Waals surface area contributed by atoms with Gasteiger partial charge in [0.15, 0.2) is 11.6 Å². The molecule has 88 valence electrons. The fraction of sp³-hybridized carbons (Fsp3) is 0.222. The zero-order valence-electron chi connectivity index (χ0n) is 8.06. The van der Waals surface area contributed by atoms with Crippen molar-refractivity contribution in [3.05, 3.63) is 23.8 Å². The summed E-state index contributed by atoms with van der Waals surface area (Å²) in [4.78, 5) is 10.7.